The number of halogens is 3. The van der Waals surface area contributed by atoms with Crippen LogP contribution in [-0.2, 0) is 6.54 Å². The Morgan fingerprint density at radius 1 is 1.24 bits per heavy atom. The number of nitrogens with zero attached hydrogens (tertiary/aromatic N) is 3. The molecule has 2 aromatic heterocycles. The highest BCUT2D eigenvalue weighted by Gasteiger charge is 2.22. The van der Waals surface area contributed by atoms with Crippen LogP contribution < -0.4 is 5.32 Å². The van der Waals surface area contributed by atoms with Crippen LogP contribution >= 0.6 is 39.1 Å². The van der Waals surface area contributed by atoms with Crippen molar-refractivity contribution in [2.75, 3.05) is 18.4 Å². The molecule has 152 valence electrons. The van der Waals surface area contributed by atoms with Gasteiger partial charge in [0.15, 0.2) is 5.65 Å². The molecule has 0 spiro atoms. The van der Waals surface area contributed by atoms with Gasteiger partial charge in [0.25, 0.3) is 0 Å². The zero-order valence-corrected chi connectivity index (χ0v) is 18.6. The summed E-state index contributed by atoms with van der Waals surface area (Å²) in [5, 5.41) is 13.6. The first-order chi connectivity index (χ1) is 13.9. The lowest BCUT2D eigenvalue weighted by Gasteiger charge is -2.26. The molecule has 0 radical (unpaired) electrons. The number of anilines is 2. The van der Waals surface area contributed by atoms with Gasteiger partial charge in [-0.25, -0.2) is 9.78 Å². The van der Waals surface area contributed by atoms with Crippen LogP contribution in [-0.4, -0.2) is 38.4 Å². The highest BCUT2D eigenvalue weighted by atomic mass is 79.9. The smallest absolute Gasteiger partial charge is 0.339 e. The summed E-state index contributed by atoms with van der Waals surface area (Å²) in [5.41, 5.74) is 2.31. The lowest BCUT2D eigenvalue weighted by Crippen LogP contribution is -2.29. The molecule has 1 aliphatic heterocycles. The Hall–Kier alpha value is -1.80. The van der Waals surface area contributed by atoms with Crippen LogP contribution in [0.2, 0.25) is 10.0 Å². The highest BCUT2D eigenvalue weighted by Crippen LogP contribution is 2.36. The molecule has 3 heterocycles. The SMILES string of the molecule is O=C(O)c1cn2c(CN3CCCCC3)cnc2c(Cl)c1Nc1ccc(Br)cc1Cl. The van der Waals surface area contributed by atoms with Gasteiger partial charge in [-0.05, 0) is 44.1 Å². The molecular weight excluding hydrogens is 479 g/mol. The predicted octanol–water partition coefficient (Wildman–Crippen LogP) is 5.83. The third kappa shape index (κ3) is 4.23. The second-order valence-electron chi connectivity index (χ2n) is 7.07. The first-order valence-electron chi connectivity index (χ1n) is 9.30. The van der Waals surface area contributed by atoms with Crippen LogP contribution in [0.15, 0.2) is 35.1 Å². The van der Waals surface area contributed by atoms with Crippen LogP contribution in [0.25, 0.3) is 5.65 Å². The number of carboxylic acids is 1. The van der Waals surface area contributed by atoms with E-state index >= 15 is 0 Å². The van der Waals surface area contributed by atoms with Gasteiger partial charge in [0.2, 0.25) is 0 Å². The van der Waals surface area contributed by atoms with Crippen LogP contribution in [0.4, 0.5) is 11.4 Å². The van der Waals surface area contributed by atoms with E-state index in [-0.39, 0.29) is 16.3 Å². The number of aromatic nitrogens is 2. The Kier molecular flexibility index (Phi) is 6.01. The van der Waals surface area contributed by atoms with E-state index in [1.54, 1.807) is 28.9 Å². The van der Waals surface area contributed by atoms with Crippen molar-refractivity contribution in [3.8, 4) is 0 Å². The summed E-state index contributed by atoms with van der Waals surface area (Å²) in [6.07, 6.45) is 6.95. The summed E-state index contributed by atoms with van der Waals surface area (Å²) in [4.78, 5) is 18.8. The second-order valence-corrected chi connectivity index (χ2v) is 8.77. The number of piperidine rings is 1. The van der Waals surface area contributed by atoms with Crippen molar-refractivity contribution in [1.82, 2.24) is 14.3 Å². The Labute approximate surface area is 186 Å². The number of likely N-dealkylation sites (tertiary alicyclic amines) is 1. The number of carboxylic acid groups (broad SMARTS) is 1. The molecule has 29 heavy (non-hydrogen) atoms. The van der Waals surface area contributed by atoms with Gasteiger partial charge < -0.3 is 14.8 Å². The monoisotopic (exact) mass is 496 g/mol. The molecule has 0 saturated carbocycles. The lowest BCUT2D eigenvalue weighted by atomic mass is 10.1. The van der Waals surface area contributed by atoms with Crippen molar-refractivity contribution < 1.29 is 9.90 Å². The number of nitrogens with one attached hydrogen (secondary N) is 1. The molecule has 4 rings (SSSR count). The molecule has 0 amide bonds. The van der Waals surface area contributed by atoms with Crippen LogP contribution in [0.5, 0.6) is 0 Å². The van der Waals surface area contributed by atoms with Gasteiger partial charge >= 0.3 is 5.97 Å². The number of pyridine rings is 1. The number of aromatic carboxylic acids is 1. The molecule has 1 aromatic carbocycles. The quantitative estimate of drug-likeness (QED) is 0.464. The summed E-state index contributed by atoms with van der Waals surface area (Å²) in [6.45, 7) is 2.78. The van der Waals surface area contributed by atoms with E-state index < -0.39 is 5.97 Å². The maximum absolute atomic E-state index is 12.0. The Bertz CT molecular complexity index is 1080. The maximum Gasteiger partial charge on any atom is 0.339 e. The van der Waals surface area contributed by atoms with E-state index in [1.165, 1.54) is 19.3 Å². The number of rotatable bonds is 5. The Balaban J connectivity index is 1.75. The minimum absolute atomic E-state index is 0.0550. The number of hydrogen-bond acceptors (Lipinski definition) is 4. The summed E-state index contributed by atoms with van der Waals surface area (Å²) in [6, 6.07) is 5.29. The average molecular weight is 498 g/mol. The number of imidazole rings is 1. The van der Waals surface area contributed by atoms with Crippen molar-refractivity contribution >= 4 is 62.1 Å². The molecule has 1 saturated heterocycles. The fourth-order valence-corrected chi connectivity index (χ4v) is 4.61. The van der Waals surface area contributed by atoms with E-state index in [9.17, 15) is 9.90 Å². The lowest BCUT2D eigenvalue weighted by molar-refractivity contribution is 0.0697. The number of benzene rings is 1. The number of hydrogen-bond donors (Lipinski definition) is 2. The van der Waals surface area contributed by atoms with E-state index in [0.717, 1.165) is 23.3 Å². The highest BCUT2D eigenvalue weighted by molar-refractivity contribution is 9.10. The van der Waals surface area contributed by atoms with E-state index in [2.05, 4.69) is 31.1 Å². The number of fused-ring (bicyclic) bond motifs is 1. The van der Waals surface area contributed by atoms with Gasteiger partial charge in [-0.2, -0.15) is 0 Å². The zero-order chi connectivity index (χ0) is 20.5. The standard InChI is InChI=1S/C20H19BrCl2N4O2/c21-12-4-5-16(15(22)8-12)25-18-14(20(28)29)11-27-13(9-24-19(27)17(18)23)10-26-6-2-1-3-7-26/h4-5,8-9,11,25H,1-3,6-7,10H2,(H,28,29). The van der Waals surface area contributed by atoms with Crippen molar-refractivity contribution in [1.29, 1.82) is 0 Å². The Morgan fingerprint density at radius 2 is 2.00 bits per heavy atom. The second kappa shape index (κ2) is 8.52. The fourth-order valence-electron chi connectivity index (χ4n) is 3.60. The third-order valence-corrected chi connectivity index (χ3v) is 6.24. The molecule has 6 nitrogen and oxygen atoms in total. The molecule has 0 unspecified atom stereocenters. The Morgan fingerprint density at radius 3 is 2.69 bits per heavy atom. The maximum atomic E-state index is 12.0. The van der Waals surface area contributed by atoms with Crippen LogP contribution in [0.3, 0.4) is 0 Å². The van der Waals surface area contributed by atoms with Gasteiger partial charge in [-0.1, -0.05) is 45.6 Å². The van der Waals surface area contributed by atoms with Gasteiger partial charge in [0.05, 0.1) is 28.3 Å². The summed E-state index contributed by atoms with van der Waals surface area (Å²) >= 11 is 16.3. The molecule has 0 aliphatic carbocycles. The minimum atomic E-state index is -1.08. The molecule has 0 bridgehead atoms. The van der Waals surface area contributed by atoms with Crippen molar-refractivity contribution in [2.45, 2.75) is 25.8 Å². The van der Waals surface area contributed by atoms with Gasteiger partial charge in [-0.15, -0.1) is 0 Å². The third-order valence-electron chi connectivity index (χ3n) is 5.07. The molecule has 3 aromatic rings. The summed E-state index contributed by atoms with van der Waals surface area (Å²) in [5.74, 6) is -1.08. The van der Waals surface area contributed by atoms with E-state index in [0.29, 0.717) is 22.9 Å². The van der Waals surface area contributed by atoms with Gasteiger partial charge in [0, 0.05) is 17.2 Å². The molecule has 1 aliphatic rings. The van der Waals surface area contributed by atoms with E-state index in [1.807, 2.05) is 6.07 Å². The van der Waals surface area contributed by atoms with Crippen LogP contribution in [0, 0.1) is 0 Å². The topological polar surface area (TPSA) is 69.9 Å². The first-order valence-corrected chi connectivity index (χ1v) is 10.8. The number of carbonyl (C=O) groups is 1. The van der Waals surface area contributed by atoms with Gasteiger partial charge in [0.1, 0.15) is 10.6 Å². The largest absolute Gasteiger partial charge is 0.478 e. The van der Waals surface area contributed by atoms with Crippen molar-refractivity contribution in [2.24, 2.45) is 0 Å². The predicted molar refractivity (Wildman–Crippen MR) is 119 cm³/mol. The normalized spacial score (nSPS) is 15.0. The first kappa shape index (κ1) is 20.5. The average Bonchev–Trinajstić information content (AvgIpc) is 3.09. The summed E-state index contributed by atoms with van der Waals surface area (Å²) in [7, 11) is 0. The van der Waals surface area contributed by atoms with Crippen LogP contribution in [0.1, 0.15) is 35.3 Å². The van der Waals surface area contributed by atoms with Gasteiger partial charge in [-0.3, -0.25) is 4.90 Å². The molecule has 9 heteroatoms. The summed E-state index contributed by atoms with van der Waals surface area (Å²) < 4.78 is 2.60. The minimum Gasteiger partial charge on any atom is -0.478 e. The van der Waals surface area contributed by atoms with Crippen molar-refractivity contribution in [3.05, 3.63) is 56.4 Å². The zero-order valence-electron chi connectivity index (χ0n) is 15.5. The van der Waals surface area contributed by atoms with E-state index in [4.69, 9.17) is 23.2 Å². The molecular formula is C20H19BrCl2N4O2. The molecule has 1 fully saturated rings. The fraction of sp³-hybridized carbons (Fsp3) is 0.300. The molecule has 2 N–H and O–H groups in total. The molecule has 0 atom stereocenters. The van der Waals surface area contributed by atoms with Crippen molar-refractivity contribution in [3.63, 3.8) is 0 Å².